The number of nitrogens with zero attached hydrogens (tertiary/aromatic N) is 2. The SMILES string of the molecule is COc1ccccc1C1CCCN1S(=O)(=O)Cc1cccc(OC2CN(C(=O)c3cc(C)ccc3C)CC2OC)c1. The molecule has 3 aromatic carbocycles. The highest BCUT2D eigenvalue weighted by Crippen LogP contribution is 2.39. The second-order valence-electron chi connectivity index (χ2n) is 10.9. The Morgan fingerprint density at radius 2 is 1.73 bits per heavy atom. The fraction of sp³-hybridized carbons (Fsp3) is 0.406. The normalized spacial score (nSPS) is 21.3. The highest BCUT2D eigenvalue weighted by molar-refractivity contribution is 7.88. The van der Waals surface area contributed by atoms with E-state index in [1.165, 1.54) is 0 Å². The van der Waals surface area contributed by atoms with E-state index >= 15 is 0 Å². The first-order valence-electron chi connectivity index (χ1n) is 14.0. The summed E-state index contributed by atoms with van der Waals surface area (Å²) in [5, 5.41) is 0. The Morgan fingerprint density at radius 3 is 2.51 bits per heavy atom. The first-order valence-corrected chi connectivity index (χ1v) is 15.6. The number of para-hydroxylation sites is 1. The molecule has 3 unspecified atom stereocenters. The van der Waals surface area contributed by atoms with Gasteiger partial charge in [-0.05, 0) is 62.1 Å². The van der Waals surface area contributed by atoms with Gasteiger partial charge < -0.3 is 19.1 Å². The first-order chi connectivity index (χ1) is 19.7. The number of methoxy groups -OCH3 is 2. The number of amides is 1. The number of likely N-dealkylation sites (tertiary alicyclic amines) is 1. The maximum atomic E-state index is 13.6. The van der Waals surface area contributed by atoms with Gasteiger partial charge in [0, 0.05) is 24.8 Å². The maximum absolute atomic E-state index is 13.6. The first kappa shape index (κ1) is 29.1. The third kappa shape index (κ3) is 6.27. The standard InChI is InChI=1S/C32H38N2O6S/c1-22-14-15-23(2)27(17-22)32(35)33-19-30(39-4)31(20-33)40-25-10-7-9-24(18-25)21-41(36,37)34-16-8-12-28(34)26-11-5-6-13-29(26)38-3/h5-7,9-11,13-15,17-18,28,30-31H,8,12,16,19-21H2,1-4H3. The minimum absolute atomic E-state index is 0.0468. The Bertz CT molecular complexity index is 1510. The van der Waals surface area contributed by atoms with E-state index in [1.807, 2.05) is 62.4 Å². The largest absolute Gasteiger partial charge is 0.496 e. The van der Waals surface area contributed by atoms with Gasteiger partial charge in [-0.25, -0.2) is 8.42 Å². The molecule has 2 saturated heterocycles. The van der Waals surface area contributed by atoms with Crippen molar-refractivity contribution in [2.24, 2.45) is 0 Å². The Balaban J connectivity index is 1.29. The van der Waals surface area contributed by atoms with Gasteiger partial charge in [0.05, 0.1) is 32.0 Å². The van der Waals surface area contributed by atoms with Crippen molar-refractivity contribution in [3.05, 3.63) is 94.5 Å². The molecule has 218 valence electrons. The number of benzene rings is 3. The van der Waals surface area contributed by atoms with Crippen molar-refractivity contribution in [2.45, 2.75) is 50.7 Å². The van der Waals surface area contributed by atoms with E-state index in [0.29, 0.717) is 42.3 Å². The lowest BCUT2D eigenvalue weighted by Crippen LogP contribution is -2.32. The average Bonchev–Trinajstić information content (AvgIpc) is 3.62. The molecule has 2 aliphatic heterocycles. The predicted molar refractivity (Wildman–Crippen MR) is 158 cm³/mol. The van der Waals surface area contributed by atoms with Crippen LogP contribution in [-0.4, -0.2) is 69.6 Å². The summed E-state index contributed by atoms with van der Waals surface area (Å²) in [5.41, 5.74) is 4.17. The fourth-order valence-corrected chi connectivity index (χ4v) is 7.67. The van der Waals surface area contributed by atoms with Gasteiger partial charge in [0.2, 0.25) is 10.0 Å². The summed E-state index contributed by atoms with van der Waals surface area (Å²) in [4.78, 5) is 15.1. The number of hydrogen-bond acceptors (Lipinski definition) is 6. The van der Waals surface area contributed by atoms with Crippen LogP contribution in [0.25, 0.3) is 0 Å². The molecule has 3 aromatic rings. The van der Waals surface area contributed by atoms with E-state index in [0.717, 1.165) is 29.5 Å². The second kappa shape index (κ2) is 12.2. The van der Waals surface area contributed by atoms with E-state index in [2.05, 4.69) is 0 Å². The lowest BCUT2D eigenvalue weighted by Gasteiger charge is -2.26. The maximum Gasteiger partial charge on any atom is 0.254 e. The molecule has 3 atom stereocenters. The van der Waals surface area contributed by atoms with Crippen molar-refractivity contribution in [1.82, 2.24) is 9.21 Å². The molecule has 5 rings (SSSR count). The molecule has 0 saturated carbocycles. The summed E-state index contributed by atoms with van der Waals surface area (Å²) in [5.74, 6) is 1.07. The number of carbonyl (C=O) groups excluding carboxylic acids is 1. The number of rotatable bonds is 9. The van der Waals surface area contributed by atoms with Crippen LogP contribution in [0.3, 0.4) is 0 Å². The van der Waals surface area contributed by atoms with E-state index in [1.54, 1.807) is 41.6 Å². The van der Waals surface area contributed by atoms with Crippen LogP contribution in [0, 0.1) is 13.8 Å². The Kier molecular flexibility index (Phi) is 8.68. The molecule has 2 heterocycles. The molecule has 8 nitrogen and oxygen atoms in total. The molecular weight excluding hydrogens is 540 g/mol. The van der Waals surface area contributed by atoms with Crippen molar-refractivity contribution in [1.29, 1.82) is 0 Å². The number of carbonyl (C=O) groups is 1. The molecule has 0 N–H and O–H groups in total. The van der Waals surface area contributed by atoms with Crippen LogP contribution >= 0.6 is 0 Å². The van der Waals surface area contributed by atoms with E-state index in [4.69, 9.17) is 14.2 Å². The highest BCUT2D eigenvalue weighted by Gasteiger charge is 2.39. The van der Waals surface area contributed by atoms with E-state index < -0.39 is 10.0 Å². The summed E-state index contributed by atoms with van der Waals surface area (Å²) >= 11 is 0. The molecule has 41 heavy (non-hydrogen) atoms. The van der Waals surface area contributed by atoms with Crippen LogP contribution in [0.4, 0.5) is 0 Å². The third-order valence-corrected chi connectivity index (χ3v) is 9.87. The zero-order valence-electron chi connectivity index (χ0n) is 24.1. The van der Waals surface area contributed by atoms with Gasteiger partial charge >= 0.3 is 0 Å². The molecule has 0 aliphatic carbocycles. The molecule has 0 aromatic heterocycles. The zero-order chi connectivity index (χ0) is 29.1. The molecule has 0 spiro atoms. The quantitative estimate of drug-likeness (QED) is 0.359. The minimum atomic E-state index is -3.61. The third-order valence-electron chi connectivity index (χ3n) is 8.02. The van der Waals surface area contributed by atoms with Gasteiger partial charge in [-0.15, -0.1) is 0 Å². The molecular formula is C32H38N2O6S. The van der Waals surface area contributed by atoms with Crippen LogP contribution < -0.4 is 9.47 Å². The summed E-state index contributed by atoms with van der Waals surface area (Å²) < 4.78 is 46.4. The van der Waals surface area contributed by atoms with Crippen LogP contribution in [0.1, 0.15) is 51.5 Å². The Hall–Kier alpha value is -3.40. The number of aryl methyl sites for hydroxylation is 2. The van der Waals surface area contributed by atoms with Gasteiger partial charge in [0.15, 0.2) is 0 Å². The van der Waals surface area contributed by atoms with Gasteiger partial charge in [0.25, 0.3) is 5.91 Å². The van der Waals surface area contributed by atoms with Crippen molar-refractivity contribution < 1.29 is 27.4 Å². The van der Waals surface area contributed by atoms with Crippen molar-refractivity contribution >= 4 is 15.9 Å². The van der Waals surface area contributed by atoms with Crippen molar-refractivity contribution in [3.8, 4) is 11.5 Å². The topological polar surface area (TPSA) is 85.4 Å². The Morgan fingerprint density at radius 1 is 0.951 bits per heavy atom. The van der Waals surface area contributed by atoms with Crippen LogP contribution in [0.15, 0.2) is 66.7 Å². The molecule has 9 heteroatoms. The summed E-state index contributed by atoms with van der Waals surface area (Å²) in [7, 11) is -0.387. The predicted octanol–water partition coefficient (Wildman–Crippen LogP) is 4.90. The summed E-state index contributed by atoms with van der Waals surface area (Å²) in [6.07, 6.45) is 0.861. The molecule has 2 fully saturated rings. The van der Waals surface area contributed by atoms with Gasteiger partial charge in [-0.2, -0.15) is 4.31 Å². The average molecular weight is 579 g/mol. The lowest BCUT2D eigenvalue weighted by atomic mass is 10.0. The molecule has 2 aliphatic rings. The van der Waals surface area contributed by atoms with Crippen LogP contribution in [0.5, 0.6) is 11.5 Å². The smallest absolute Gasteiger partial charge is 0.254 e. The number of sulfonamides is 1. The van der Waals surface area contributed by atoms with E-state index in [9.17, 15) is 13.2 Å². The van der Waals surface area contributed by atoms with Gasteiger partial charge in [-0.3, -0.25) is 4.79 Å². The monoisotopic (exact) mass is 578 g/mol. The minimum Gasteiger partial charge on any atom is -0.496 e. The highest BCUT2D eigenvalue weighted by atomic mass is 32.2. The lowest BCUT2D eigenvalue weighted by molar-refractivity contribution is 0.0339. The second-order valence-corrected chi connectivity index (χ2v) is 12.8. The van der Waals surface area contributed by atoms with Gasteiger partial charge in [-0.1, -0.05) is 48.0 Å². The van der Waals surface area contributed by atoms with Crippen molar-refractivity contribution in [2.75, 3.05) is 33.9 Å². The fourth-order valence-electron chi connectivity index (χ4n) is 5.89. The summed E-state index contributed by atoms with van der Waals surface area (Å²) in [6, 6.07) is 20.4. The number of hydrogen-bond donors (Lipinski definition) is 0. The van der Waals surface area contributed by atoms with Gasteiger partial charge in [0.1, 0.15) is 23.7 Å². The molecule has 0 bridgehead atoms. The zero-order valence-corrected chi connectivity index (χ0v) is 24.9. The Labute approximate surface area is 242 Å². The number of ether oxygens (including phenoxy) is 3. The molecule has 0 radical (unpaired) electrons. The molecule has 1 amide bonds. The van der Waals surface area contributed by atoms with Crippen LogP contribution in [0.2, 0.25) is 0 Å². The van der Waals surface area contributed by atoms with Crippen LogP contribution in [-0.2, 0) is 20.5 Å². The van der Waals surface area contributed by atoms with Crippen molar-refractivity contribution in [3.63, 3.8) is 0 Å². The summed E-state index contributed by atoms with van der Waals surface area (Å²) in [6.45, 7) is 5.18. The van der Waals surface area contributed by atoms with E-state index in [-0.39, 0.29) is 29.9 Å².